The molecule has 0 radical (unpaired) electrons. The van der Waals surface area contributed by atoms with Crippen LogP contribution in [-0.2, 0) is 4.79 Å². The second-order valence-corrected chi connectivity index (χ2v) is 7.83. The van der Waals surface area contributed by atoms with Crippen LogP contribution in [0.1, 0.15) is 34.1 Å². The summed E-state index contributed by atoms with van der Waals surface area (Å²) in [5.41, 5.74) is 1.07. The number of carbonyl (C=O) groups is 2. The summed E-state index contributed by atoms with van der Waals surface area (Å²) in [6.07, 6.45) is 2.24. The molecular formula is C19H19N2O4S+. The number of fused-ring (bicyclic) bond motifs is 2. The van der Waals surface area contributed by atoms with Crippen molar-refractivity contribution in [2.75, 3.05) is 31.3 Å². The van der Waals surface area contributed by atoms with E-state index in [1.807, 2.05) is 0 Å². The van der Waals surface area contributed by atoms with Crippen LogP contribution < -0.4 is 19.3 Å². The molecular weight excluding hydrogens is 352 g/mol. The number of Topliss-reactive ketones (excluding diaryl/α,β-unsaturated/α-hetero) is 1. The van der Waals surface area contributed by atoms with Crippen molar-refractivity contribution in [1.82, 2.24) is 0 Å². The molecule has 1 fully saturated rings. The molecule has 134 valence electrons. The highest BCUT2D eigenvalue weighted by atomic mass is 32.1. The third kappa shape index (κ3) is 2.42. The number of carbonyl (C=O) groups excluding carboxylic acids is 2. The Morgan fingerprint density at radius 3 is 2.77 bits per heavy atom. The number of nitrogens with zero attached hydrogens (tertiary/aromatic N) is 1. The van der Waals surface area contributed by atoms with Crippen molar-refractivity contribution in [3.8, 4) is 11.5 Å². The van der Waals surface area contributed by atoms with Gasteiger partial charge in [0.15, 0.2) is 18.2 Å². The molecule has 1 saturated heterocycles. The molecule has 1 amide bonds. The standard InChI is InChI=1S/C19H18N2O4S/c22-18-12-9-15-16(25-7-6-24-15)10-14(12)21(19(18)23)11-20-5-1-3-13(20)17-4-2-8-26-17/h2,4,8-10,13H,1,3,5-7,11H2/p+1/t13-/m0/s1. The number of rotatable bonds is 3. The number of hydrogen-bond donors (Lipinski definition) is 1. The predicted molar refractivity (Wildman–Crippen MR) is 96.2 cm³/mol. The van der Waals surface area contributed by atoms with Crippen LogP contribution in [0.15, 0.2) is 29.6 Å². The first-order chi connectivity index (χ1) is 12.7. The van der Waals surface area contributed by atoms with Gasteiger partial charge in [-0.05, 0) is 17.5 Å². The van der Waals surface area contributed by atoms with Gasteiger partial charge in [-0.25, -0.2) is 0 Å². The first-order valence-electron chi connectivity index (χ1n) is 8.90. The number of ether oxygens (including phenoxy) is 2. The number of thiophene rings is 1. The second-order valence-electron chi connectivity index (χ2n) is 6.85. The summed E-state index contributed by atoms with van der Waals surface area (Å²) in [6, 6.07) is 8.05. The molecule has 0 aliphatic carbocycles. The van der Waals surface area contributed by atoms with E-state index in [-0.39, 0.29) is 0 Å². The first-order valence-corrected chi connectivity index (χ1v) is 9.78. The number of likely N-dealkylation sites (tertiary alicyclic amines) is 1. The van der Waals surface area contributed by atoms with Crippen molar-refractivity contribution >= 4 is 28.7 Å². The fourth-order valence-corrected chi connectivity index (χ4v) is 5.04. The molecule has 2 atom stereocenters. The van der Waals surface area contributed by atoms with E-state index in [9.17, 15) is 9.59 Å². The largest absolute Gasteiger partial charge is 0.486 e. The van der Waals surface area contributed by atoms with Gasteiger partial charge in [-0.1, -0.05) is 6.07 Å². The van der Waals surface area contributed by atoms with Crippen LogP contribution in [0.4, 0.5) is 5.69 Å². The maximum absolute atomic E-state index is 12.6. The van der Waals surface area contributed by atoms with E-state index >= 15 is 0 Å². The van der Waals surface area contributed by atoms with E-state index in [1.165, 1.54) is 9.78 Å². The van der Waals surface area contributed by atoms with Crippen LogP contribution in [0.3, 0.4) is 0 Å². The minimum absolute atomic E-state index is 0.388. The van der Waals surface area contributed by atoms with Gasteiger partial charge in [0.2, 0.25) is 0 Å². The normalized spacial score (nSPS) is 24.2. The number of benzene rings is 1. The highest BCUT2D eigenvalue weighted by molar-refractivity contribution is 7.10. The quantitative estimate of drug-likeness (QED) is 0.830. The Bertz CT molecular complexity index is 880. The topological polar surface area (TPSA) is 60.3 Å². The number of hydrogen-bond acceptors (Lipinski definition) is 5. The Balaban J connectivity index is 1.47. The van der Waals surface area contributed by atoms with Crippen LogP contribution in [0.25, 0.3) is 0 Å². The summed E-state index contributed by atoms with van der Waals surface area (Å²) < 4.78 is 11.2. The van der Waals surface area contributed by atoms with E-state index in [2.05, 4.69) is 17.5 Å². The number of ketones is 1. The smallest absolute Gasteiger partial charge is 0.303 e. The predicted octanol–water partition coefficient (Wildman–Crippen LogP) is 1.43. The lowest BCUT2D eigenvalue weighted by molar-refractivity contribution is -0.916. The second kappa shape index (κ2) is 6.10. The average Bonchev–Trinajstić information content (AvgIpc) is 3.38. The summed E-state index contributed by atoms with van der Waals surface area (Å²) in [7, 11) is 0. The number of anilines is 1. The van der Waals surface area contributed by atoms with Crippen LogP contribution >= 0.6 is 11.3 Å². The van der Waals surface area contributed by atoms with Crippen molar-refractivity contribution in [3.63, 3.8) is 0 Å². The van der Waals surface area contributed by atoms with Crippen LogP contribution in [0.2, 0.25) is 0 Å². The summed E-state index contributed by atoms with van der Waals surface area (Å²) >= 11 is 1.76. The molecule has 0 saturated carbocycles. The van der Waals surface area contributed by atoms with Gasteiger partial charge >= 0.3 is 5.91 Å². The van der Waals surface area contributed by atoms with E-state index < -0.39 is 11.7 Å². The molecule has 1 aromatic carbocycles. The maximum Gasteiger partial charge on any atom is 0.303 e. The van der Waals surface area contributed by atoms with Gasteiger partial charge in [0, 0.05) is 18.9 Å². The molecule has 0 spiro atoms. The van der Waals surface area contributed by atoms with Crippen molar-refractivity contribution in [2.45, 2.75) is 18.9 Å². The monoisotopic (exact) mass is 371 g/mol. The van der Waals surface area contributed by atoms with Crippen LogP contribution in [0.5, 0.6) is 11.5 Å². The molecule has 1 aromatic heterocycles. The van der Waals surface area contributed by atoms with E-state index in [0.717, 1.165) is 19.4 Å². The van der Waals surface area contributed by atoms with Gasteiger partial charge in [-0.15, -0.1) is 11.3 Å². The minimum atomic E-state index is -0.455. The Hall–Kier alpha value is -2.38. The first kappa shape index (κ1) is 15.8. The maximum atomic E-state index is 12.6. The fourth-order valence-electron chi connectivity index (χ4n) is 4.12. The summed E-state index contributed by atoms with van der Waals surface area (Å²) in [6.45, 7) is 2.43. The van der Waals surface area contributed by atoms with Crippen molar-refractivity contribution in [3.05, 3.63) is 40.1 Å². The zero-order valence-corrected chi connectivity index (χ0v) is 15.0. The zero-order chi connectivity index (χ0) is 17.7. The molecule has 5 rings (SSSR count). The average molecular weight is 371 g/mol. The Morgan fingerprint density at radius 2 is 2.00 bits per heavy atom. The zero-order valence-electron chi connectivity index (χ0n) is 14.2. The lowest BCUT2D eigenvalue weighted by Gasteiger charge is -2.26. The highest BCUT2D eigenvalue weighted by Gasteiger charge is 2.42. The van der Waals surface area contributed by atoms with E-state index in [4.69, 9.17) is 9.47 Å². The molecule has 3 aliphatic rings. The third-order valence-electron chi connectivity index (χ3n) is 5.37. The van der Waals surface area contributed by atoms with Gasteiger partial charge < -0.3 is 14.4 Å². The minimum Gasteiger partial charge on any atom is -0.486 e. The van der Waals surface area contributed by atoms with Gasteiger partial charge in [0.1, 0.15) is 19.3 Å². The number of nitrogens with one attached hydrogen (secondary N) is 1. The van der Waals surface area contributed by atoms with Crippen molar-refractivity contribution in [1.29, 1.82) is 0 Å². The van der Waals surface area contributed by atoms with Crippen LogP contribution in [0, 0.1) is 0 Å². The number of amides is 1. The molecule has 2 aromatic rings. The van der Waals surface area contributed by atoms with E-state index in [1.54, 1.807) is 28.4 Å². The molecule has 0 bridgehead atoms. The summed E-state index contributed by atoms with van der Waals surface area (Å²) in [5, 5.41) is 2.09. The lowest BCUT2D eigenvalue weighted by atomic mass is 10.1. The summed E-state index contributed by atoms with van der Waals surface area (Å²) in [5.74, 6) is 0.242. The fraction of sp³-hybridized carbons (Fsp3) is 0.368. The van der Waals surface area contributed by atoms with Gasteiger partial charge in [-0.2, -0.15) is 0 Å². The third-order valence-corrected chi connectivity index (χ3v) is 6.35. The Morgan fingerprint density at radius 1 is 1.19 bits per heavy atom. The van der Waals surface area contributed by atoms with Crippen molar-refractivity contribution in [2.24, 2.45) is 0 Å². The Labute approximate surface area is 154 Å². The molecule has 1 N–H and O–H groups in total. The SMILES string of the molecule is O=C1C(=O)N(C[NH+]2CCC[C@H]2c2cccs2)c2cc3c(cc21)OCCO3. The van der Waals surface area contributed by atoms with Gasteiger partial charge in [0.25, 0.3) is 5.78 Å². The van der Waals surface area contributed by atoms with E-state index in [0.29, 0.717) is 48.7 Å². The Kier molecular flexibility index (Phi) is 3.72. The summed E-state index contributed by atoms with van der Waals surface area (Å²) in [4.78, 5) is 29.4. The lowest BCUT2D eigenvalue weighted by Crippen LogP contribution is -3.12. The molecule has 3 aliphatic heterocycles. The van der Waals surface area contributed by atoms with Gasteiger partial charge in [0.05, 0.1) is 22.7 Å². The highest BCUT2D eigenvalue weighted by Crippen LogP contribution is 2.40. The number of quaternary nitrogens is 1. The van der Waals surface area contributed by atoms with Crippen molar-refractivity contribution < 1.29 is 24.0 Å². The van der Waals surface area contributed by atoms with Crippen LogP contribution in [-0.4, -0.2) is 38.1 Å². The molecule has 1 unspecified atom stereocenters. The molecule has 26 heavy (non-hydrogen) atoms. The molecule has 6 nitrogen and oxygen atoms in total. The molecule has 4 heterocycles. The van der Waals surface area contributed by atoms with Gasteiger partial charge in [-0.3, -0.25) is 14.5 Å². The molecule has 7 heteroatoms.